The average molecular weight is 372 g/mol. The summed E-state index contributed by atoms with van der Waals surface area (Å²) in [7, 11) is 1.83. The van der Waals surface area contributed by atoms with Crippen LogP contribution in [0.2, 0.25) is 15.3 Å². The Labute approximate surface area is 146 Å². The summed E-state index contributed by atoms with van der Waals surface area (Å²) >= 11 is 23.3. The SMILES string of the molecule is Cn1c(-c2cc(Cl)ccc2-c2cc(Cl)nc(Cl)c2)n[nH]c1=S. The standard InChI is InChI=1S/C14H9Cl3N4S/c1-21-13(19-20-14(21)22)10-6-8(15)2-3-9(10)7-4-11(16)18-12(17)5-7/h2-6H,1H3,(H,20,22). The second-order valence-electron chi connectivity index (χ2n) is 4.60. The third-order valence-corrected chi connectivity index (χ3v) is 4.16. The molecule has 0 saturated carbocycles. The lowest BCUT2D eigenvalue weighted by Crippen LogP contribution is -1.95. The molecule has 22 heavy (non-hydrogen) atoms. The zero-order valence-electron chi connectivity index (χ0n) is 11.3. The minimum Gasteiger partial charge on any atom is -0.303 e. The number of nitrogens with one attached hydrogen (secondary N) is 1. The van der Waals surface area contributed by atoms with Gasteiger partial charge in [-0.05, 0) is 47.6 Å². The lowest BCUT2D eigenvalue weighted by molar-refractivity contribution is 0.902. The maximum absolute atomic E-state index is 6.14. The molecule has 1 N–H and O–H groups in total. The number of nitrogens with zero attached hydrogens (tertiary/aromatic N) is 3. The van der Waals surface area contributed by atoms with Crippen molar-refractivity contribution >= 4 is 47.0 Å². The summed E-state index contributed by atoms with van der Waals surface area (Å²) in [5.74, 6) is 0.673. The van der Waals surface area contributed by atoms with Crippen LogP contribution in [0.25, 0.3) is 22.5 Å². The fourth-order valence-electron chi connectivity index (χ4n) is 2.16. The van der Waals surface area contributed by atoms with Gasteiger partial charge in [0.15, 0.2) is 10.6 Å². The molecule has 0 bridgehead atoms. The zero-order chi connectivity index (χ0) is 15.9. The molecule has 0 radical (unpaired) electrons. The molecular formula is C14H9Cl3N4S. The van der Waals surface area contributed by atoms with Crippen molar-refractivity contribution in [2.24, 2.45) is 7.05 Å². The van der Waals surface area contributed by atoms with Crippen molar-refractivity contribution in [2.45, 2.75) is 0 Å². The van der Waals surface area contributed by atoms with Gasteiger partial charge >= 0.3 is 0 Å². The lowest BCUT2D eigenvalue weighted by atomic mass is 10.00. The molecule has 112 valence electrons. The van der Waals surface area contributed by atoms with Crippen molar-refractivity contribution in [1.82, 2.24) is 19.7 Å². The molecule has 3 aromatic rings. The molecule has 0 aliphatic carbocycles. The lowest BCUT2D eigenvalue weighted by Gasteiger charge is -2.10. The van der Waals surface area contributed by atoms with Crippen LogP contribution < -0.4 is 0 Å². The minimum absolute atomic E-state index is 0.318. The van der Waals surface area contributed by atoms with Crippen LogP contribution in [-0.2, 0) is 7.05 Å². The van der Waals surface area contributed by atoms with E-state index in [1.165, 1.54) is 0 Å². The van der Waals surface area contributed by atoms with Crippen molar-refractivity contribution < 1.29 is 0 Å². The van der Waals surface area contributed by atoms with Crippen LogP contribution in [0.5, 0.6) is 0 Å². The molecule has 2 heterocycles. The molecule has 0 unspecified atom stereocenters. The highest BCUT2D eigenvalue weighted by atomic mass is 35.5. The first-order chi connectivity index (χ1) is 10.5. The quantitative estimate of drug-likeness (QED) is 0.499. The molecule has 0 saturated heterocycles. The van der Waals surface area contributed by atoms with E-state index in [9.17, 15) is 0 Å². The van der Waals surface area contributed by atoms with Crippen LogP contribution in [0.4, 0.5) is 0 Å². The first-order valence-electron chi connectivity index (χ1n) is 6.20. The molecule has 2 aromatic heterocycles. The Kier molecular flexibility index (Phi) is 4.23. The van der Waals surface area contributed by atoms with Crippen molar-refractivity contribution in [2.75, 3.05) is 0 Å². The van der Waals surface area contributed by atoms with Gasteiger partial charge in [-0.1, -0.05) is 40.9 Å². The number of H-pyrrole nitrogens is 1. The van der Waals surface area contributed by atoms with Gasteiger partial charge in [0.2, 0.25) is 0 Å². The highest BCUT2D eigenvalue weighted by Crippen LogP contribution is 2.34. The fourth-order valence-corrected chi connectivity index (χ4v) is 2.93. The van der Waals surface area contributed by atoms with E-state index in [0.717, 1.165) is 16.7 Å². The third kappa shape index (κ3) is 2.90. The van der Waals surface area contributed by atoms with E-state index in [-0.39, 0.29) is 0 Å². The molecule has 0 aliphatic heterocycles. The van der Waals surface area contributed by atoms with Gasteiger partial charge in [-0.3, -0.25) is 5.10 Å². The number of pyridine rings is 1. The van der Waals surface area contributed by atoms with Crippen LogP contribution in [0.15, 0.2) is 30.3 Å². The van der Waals surface area contributed by atoms with Crippen molar-refractivity contribution in [1.29, 1.82) is 0 Å². The number of hydrogen-bond acceptors (Lipinski definition) is 3. The van der Waals surface area contributed by atoms with E-state index in [4.69, 9.17) is 47.0 Å². The number of rotatable bonds is 2. The molecule has 0 atom stereocenters. The Balaban J connectivity index is 2.29. The number of aromatic amines is 1. The van der Waals surface area contributed by atoms with Gasteiger partial charge in [-0.15, -0.1) is 0 Å². The maximum atomic E-state index is 6.14. The van der Waals surface area contributed by atoms with E-state index in [0.29, 0.717) is 25.9 Å². The van der Waals surface area contributed by atoms with Crippen molar-refractivity contribution in [3.05, 3.63) is 50.4 Å². The van der Waals surface area contributed by atoms with E-state index < -0.39 is 0 Å². The van der Waals surface area contributed by atoms with E-state index in [1.54, 1.807) is 22.8 Å². The van der Waals surface area contributed by atoms with E-state index in [1.807, 2.05) is 19.2 Å². The van der Waals surface area contributed by atoms with Crippen LogP contribution >= 0.6 is 47.0 Å². The van der Waals surface area contributed by atoms with Gasteiger partial charge < -0.3 is 4.57 Å². The molecule has 3 rings (SSSR count). The van der Waals surface area contributed by atoms with Crippen LogP contribution in [0, 0.1) is 4.77 Å². The summed E-state index contributed by atoms with van der Waals surface area (Å²) in [6.07, 6.45) is 0. The predicted octanol–water partition coefficient (Wildman–Crippen LogP) is 5.17. The van der Waals surface area contributed by atoms with Crippen LogP contribution in [0.1, 0.15) is 0 Å². The number of halogens is 3. The first kappa shape index (κ1) is 15.5. The zero-order valence-corrected chi connectivity index (χ0v) is 14.4. The van der Waals surface area contributed by atoms with Gasteiger partial charge in [0.05, 0.1) is 0 Å². The molecule has 0 aliphatic rings. The Morgan fingerprint density at radius 2 is 1.73 bits per heavy atom. The summed E-state index contributed by atoms with van der Waals surface area (Å²) < 4.78 is 2.29. The molecule has 0 fully saturated rings. The smallest absolute Gasteiger partial charge is 0.195 e. The molecule has 8 heteroatoms. The second kappa shape index (κ2) is 6.01. The normalized spacial score (nSPS) is 10.9. The number of aromatic nitrogens is 4. The second-order valence-corrected chi connectivity index (χ2v) is 6.20. The minimum atomic E-state index is 0.318. The Morgan fingerprint density at radius 1 is 1.05 bits per heavy atom. The van der Waals surface area contributed by atoms with Gasteiger partial charge in [0, 0.05) is 17.6 Å². The summed E-state index contributed by atoms with van der Waals surface area (Å²) in [4.78, 5) is 3.96. The monoisotopic (exact) mass is 370 g/mol. The summed E-state index contributed by atoms with van der Waals surface area (Å²) in [5, 5.41) is 8.26. The third-order valence-electron chi connectivity index (χ3n) is 3.18. The fraction of sp³-hybridized carbons (Fsp3) is 0.0714. The number of benzene rings is 1. The van der Waals surface area contributed by atoms with Crippen molar-refractivity contribution in [3.8, 4) is 22.5 Å². The molecule has 0 spiro atoms. The molecule has 1 aromatic carbocycles. The first-order valence-corrected chi connectivity index (χ1v) is 7.74. The summed E-state index contributed by atoms with van der Waals surface area (Å²) in [6, 6.07) is 8.98. The van der Waals surface area contributed by atoms with Gasteiger partial charge in [-0.25, -0.2) is 4.98 Å². The van der Waals surface area contributed by atoms with E-state index in [2.05, 4.69) is 15.2 Å². The van der Waals surface area contributed by atoms with Gasteiger partial charge in [-0.2, -0.15) is 5.10 Å². The molecule has 4 nitrogen and oxygen atoms in total. The Bertz CT molecular complexity index is 896. The number of hydrogen-bond donors (Lipinski definition) is 1. The maximum Gasteiger partial charge on any atom is 0.195 e. The highest BCUT2D eigenvalue weighted by Gasteiger charge is 2.14. The van der Waals surface area contributed by atoms with E-state index >= 15 is 0 Å². The summed E-state index contributed by atoms with van der Waals surface area (Å²) in [6.45, 7) is 0. The Morgan fingerprint density at radius 3 is 2.32 bits per heavy atom. The summed E-state index contributed by atoms with van der Waals surface area (Å²) in [5.41, 5.74) is 2.53. The van der Waals surface area contributed by atoms with Gasteiger partial charge in [0.1, 0.15) is 10.3 Å². The largest absolute Gasteiger partial charge is 0.303 e. The average Bonchev–Trinajstić information content (AvgIpc) is 2.77. The van der Waals surface area contributed by atoms with Crippen LogP contribution in [-0.4, -0.2) is 19.7 Å². The van der Waals surface area contributed by atoms with Gasteiger partial charge in [0.25, 0.3) is 0 Å². The Hall–Kier alpha value is -1.40. The molecular weight excluding hydrogens is 363 g/mol. The topological polar surface area (TPSA) is 46.5 Å². The van der Waals surface area contributed by atoms with Crippen molar-refractivity contribution in [3.63, 3.8) is 0 Å². The van der Waals surface area contributed by atoms with Crippen LogP contribution in [0.3, 0.4) is 0 Å². The molecule has 0 amide bonds. The highest BCUT2D eigenvalue weighted by molar-refractivity contribution is 7.71. The predicted molar refractivity (Wildman–Crippen MR) is 92.1 cm³/mol.